The van der Waals surface area contributed by atoms with Crippen molar-refractivity contribution in [2.75, 3.05) is 26.2 Å². The van der Waals surface area contributed by atoms with Crippen LogP contribution in [0.3, 0.4) is 0 Å². The topological polar surface area (TPSA) is 58.4 Å². The molecule has 0 atom stereocenters. The van der Waals surface area contributed by atoms with E-state index in [4.69, 9.17) is 4.42 Å². The molecule has 0 radical (unpaired) electrons. The number of oxazole rings is 1. The van der Waals surface area contributed by atoms with Gasteiger partial charge in [-0.2, -0.15) is 0 Å². The van der Waals surface area contributed by atoms with Gasteiger partial charge in [0.2, 0.25) is 5.91 Å². The number of rotatable bonds is 7. The molecule has 5 heteroatoms. The van der Waals surface area contributed by atoms with Gasteiger partial charge in [-0.25, -0.2) is 4.98 Å². The van der Waals surface area contributed by atoms with Crippen LogP contribution in [-0.2, 0) is 11.2 Å². The molecule has 1 aromatic heterocycles. The van der Waals surface area contributed by atoms with Gasteiger partial charge in [-0.15, -0.1) is 0 Å². The Kier molecular flexibility index (Phi) is 7.06. The molecule has 1 aliphatic rings. The molecule has 1 fully saturated rings. The van der Waals surface area contributed by atoms with Crippen molar-refractivity contribution in [1.29, 1.82) is 0 Å². The molecule has 0 bridgehead atoms. The third-order valence-corrected chi connectivity index (χ3v) is 5.08. The molecule has 1 N–H and O–H groups in total. The summed E-state index contributed by atoms with van der Waals surface area (Å²) in [5.41, 5.74) is 2.92. The minimum absolute atomic E-state index is 0.153. The molecule has 0 saturated carbocycles. The number of nitrogens with zero attached hydrogens (tertiary/aromatic N) is 2. The second-order valence-corrected chi connectivity index (χ2v) is 7.39. The second-order valence-electron chi connectivity index (χ2n) is 7.39. The van der Waals surface area contributed by atoms with Gasteiger partial charge < -0.3 is 14.6 Å². The lowest BCUT2D eigenvalue weighted by Crippen LogP contribution is -2.33. The Balaban J connectivity index is 1.32. The number of aryl methyl sites for hydroxylation is 2. The molecule has 26 heavy (non-hydrogen) atoms. The monoisotopic (exact) mass is 357 g/mol. The highest BCUT2D eigenvalue weighted by molar-refractivity contribution is 5.76. The zero-order valence-electron chi connectivity index (χ0n) is 15.9. The molecule has 0 spiro atoms. The Morgan fingerprint density at radius 1 is 1.19 bits per heavy atom. The number of carbonyl (C=O) groups is 1. The summed E-state index contributed by atoms with van der Waals surface area (Å²) in [4.78, 5) is 19.0. The zero-order chi connectivity index (χ0) is 18.2. The van der Waals surface area contributed by atoms with Crippen LogP contribution < -0.4 is 5.32 Å². The normalized spacial score (nSPS) is 16.3. The molecule has 2 aromatic rings. The Bertz CT molecular complexity index is 702. The molecular formula is C21H31N3O2. The van der Waals surface area contributed by atoms with Crippen LogP contribution in [0.1, 0.15) is 56.4 Å². The molecule has 0 aliphatic carbocycles. The number of hydrogen-bond donors (Lipinski definition) is 1. The van der Waals surface area contributed by atoms with E-state index in [2.05, 4.69) is 15.2 Å². The van der Waals surface area contributed by atoms with Gasteiger partial charge >= 0.3 is 0 Å². The van der Waals surface area contributed by atoms with Crippen LogP contribution >= 0.6 is 0 Å². The predicted molar refractivity (Wildman–Crippen MR) is 104 cm³/mol. The van der Waals surface area contributed by atoms with Crippen LogP contribution in [0.15, 0.2) is 22.6 Å². The number of carbonyl (C=O) groups excluding carboxylic acids is 1. The van der Waals surface area contributed by atoms with Crippen molar-refractivity contribution in [2.24, 2.45) is 0 Å². The van der Waals surface area contributed by atoms with E-state index in [9.17, 15) is 4.79 Å². The fourth-order valence-corrected chi connectivity index (χ4v) is 3.54. The van der Waals surface area contributed by atoms with E-state index in [0.29, 0.717) is 13.0 Å². The number of fused-ring (bicyclic) bond motifs is 1. The SMILES string of the molecule is Cc1ccc2nc(CCCNC(=O)CCN3CCCCCCC3)oc2c1. The number of likely N-dealkylation sites (tertiary alicyclic amines) is 1. The lowest BCUT2D eigenvalue weighted by Gasteiger charge is -2.24. The first-order valence-corrected chi connectivity index (χ1v) is 10.1. The largest absolute Gasteiger partial charge is 0.441 e. The molecule has 1 aliphatic heterocycles. The molecule has 2 heterocycles. The standard InChI is InChI=1S/C21H31N3O2/c1-17-9-10-18-19(16-17)26-21(23-18)8-7-12-22-20(25)11-15-24-13-5-3-2-4-6-14-24/h9-10,16H,2-8,11-15H2,1H3,(H,22,25). The first-order valence-electron chi connectivity index (χ1n) is 10.1. The van der Waals surface area contributed by atoms with Crippen LogP contribution in [0.4, 0.5) is 0 Å². The van der Waals surface area contributed by atoms with E-state index in [1.54, 1.807) is 0 Å². The third kappa shape index (κ3) is 5.84. The number of amides is 1. The summed E-state index contributed by atoms with van der Waals surface area (Å²) in [6.07, 6.45) is 8.77. The molecule has 142 valence electrons. The molecular weight excluding hydrogens is 326 g/mol. The molecule has 1 amide bonds. The lowest BCUT2D eigenvalue weighted by atomic mass is 10.1. The van der Waals surface area contributed by atoms with Crippen LogP contribution in [0, 0.1) is 6.92 Å². The Morgan fingerprint density at radius 2 is 1.96 bits per heavy atom. The maximum absolute atomic E-state index is 12.1. The number of benzene rings is 1. The zero-order valence-corrected chi connectivity index (χ0v) is 15.9. The summed E-state index contributed by atoms with van der Waals surface area (Å²) in [7, 11) is 0. The average molecular weight is 357 g/mol. The highest BCUT2D eigenvalue weighted by Gasteiger charge is 2.10. The van der Waals surface area contributed by atoms with Gasteiger partial charge in [0, 0.05) is 25.9 Å². The first-order chi connectivity index (χ1) is 12.7. The van der Waals surface area contributed by atoms with Crippen molar-refractivity contribution < 1.29 is 9.21 Å². The van der Waals surface area contributed by atoms with E-state index in [1.807, 2.05) is 25.1 Å². The maximum Gasteiger partial charge on any atom is 0.221 e. The van der Waals surface area contributed by atoms with Crippen LogP contribution in [0.25, 0.3) is 11.1 Å². The Labute approximate surface area is 156 Å². The number of nitrogens with one attached hydrogen (secondary N) is 1. The smallest absolute Gasteiger partial charge is 0.221 e. The Hall–Kier alpha value is -1.88. The minimum Gasteiger partial charge on any atom is -0.441 e. The van der Waals surface area contributed by atoms with E-state index >= 15 is 0 Å². The minimum atomic E-state index is 0.153. The highest BCUT2D eigenvalue weighted by Crippen LogP contribution is 2.17. The van der Waals surface area contributed by atoms with E-state index in [1.165, 1.54) is 37.7 Å². The van der Waals surface area contributed by atoms with Gasteiger partial charge in [0.15, 0.2) is 11.5 Å². The summed E-state index contributed by atoms with van der Waals surface area (Å²) >= 11 is 0. The fraction of sp³-hybridized carbons (Fsp3) is 0.619. The van der Waals surface area contributed by atoms with Crippen molar-refractivity contribution in [2.45, 2.75) is 58.3 Å². The van der Waals surface area contributed by atoms with Crippen molar-refractivity contribution >= 4 is 17.0 Å². The molecule has 5 nitrogen and oxygen atoms in total. The molecule has 0 unspecified atom stereocenters. The van der Waals surface area contributed by atoms with Gasteiger partial charge in [0.05, 0.1) is 0 Å². The van der Waals surface area contributed by atoms with Gasteiger partial charge in [-0.1, -0.05) is 25.3 Å². The lowest BCUT2D eigenvalue weighted by molar-refractivity contribution is -0.121. The second kappa shape index (κ2) is 9.72. The van der Waals surface area contributed by atoms with Gasteiger partial charge in [-0.05, 0) is 57.0 Å². The molecule has 1 saturated heterocycles. The van der Waals surface area contributed by atoms with E-state index < -0.39 is 0 Å². The highest BCUT2D eigenvalue weighted by atomic mass is 16.3. The predicted octanol–water partition coefficient (Wildman–Crippen LogP) is 3.84. The van der Waals surface area contributed by atoms with Crippen molar-refractivity contribution in [3.8, 4) is 0 Å². The van der Waals surface area contributed by atoms with Crippen LogP contribution in [0.2, 0.25) is 0 Å². The van der Waals surface area contributed by atoms with Crippen molar-refractivity contribution in [1.82, 2.24) is 15.2 Å². The van der Waals surface area contributed by atoms with Crippen LogP contribution in [0.5, 0.6) is 0 Å². The quantitative estimate of drug-likeness (QED) is 0.765. The van der Waals surface area contributed by atoms with Gasteiger partial charge in [0.1, 0.15) is 5.52 Å². The van der Waals surface area contributed by atoms with Crippen LogP contribution in [-0.4, -0.2) is 42.0 Å². The summed E-state index contributed by atoms with van der Waals surface area (Å²) in [6.45, 7) is 5.90. The molecule has 3 rings (SSSR count). The third-order valence-electron chi connectivity index (χ3n) is 5.08. The maximum atomic E-state index is 12.1. The van der Waals surface area contributed by atoms with Gasteiger partial charge in [-0.3, -0.25) is 4.79 Å². The van der Waals surface area contributed by atoms with Crippen molar-refractivity contribution in [3.63, 3.8) is 0 Å². The van der Waals surface area contributed by atoms with E-state index in [-0.39, 0.29) is 5.91 Å². The number of hydrogen-bond acceptors (Lipinski definition) is 4. The fourth-order valence-electron chi connectivity index (χ4n) is 3.54. The Morgan fingerprint density at radius 3 is 2.77 bits per heavy atom. The summed E-state index contributed by atoms with van der Waals surface area (Å²) in [5.74, 6) is 0.903. The van der Waals surface area contributed by atoms with E-state index in [0.717, 1.165) is 49.5 Å². The summed E-state index contributed by atoms with van der Waals surface area (Å²) < 4.78 is 5.77. The first kappa shape index (κ1) is 18.9. The summed E-state index contributed by atoms with van der Waals surface area (Å²) in [6, 6.07) is 6.05. The van der Waals surface area contributed by atoms with Gasteiger partial charge in [0.25, 0.3) is 0 Å². The van der Waals surface area contributed by atoms with Crippen molar-refractivity contribution in [3.05, 3.63) is 29.7 Å². The molecule has 1 aromatic carbocycles. The summed E-state index contributed by atoms with van der Waals surface area (Å²) in [5, 5.41) is 3.03. The number of aromatic nitrogens is 1. The average Bonchev–Trinajstić information content (AvgIpc) is 2.99.